The Labute approximate surface area is 181 Å². The maximum atomic E-state index is 12.6. The number of anilines is 2. The third-order valence-corrected chi connectivity index (χ3v) is 5.52. The van der Waals surface area contributed by atoms with E-state index in [1.54, 1.807) is 29.2 Å². The molecular formula is C24H26N2O5. The first-order valence-corrected chi connectivity index (χ1v) is 10.2. The van der Waals surface area contributed by atoms with Crippen LogP contribution in [0.1, 0.15) is 41.8 Å². The summed E-state index contributed by atoms with van der Waals surface area (Å²) in [6.45, 7) is 7.04. The van der Waals surface area contributed by atoms with Gasteiger partial charge in [-0.2, -0.15) is 0 Å². The Morgan fingerprint density at radius 1 is 1.13 bits per heavy atom. The van der Waals surface area contributed by atoms with Crippen LogP contribution in [0.15, 0.2) is 42.5 Å². The van der Waals surface area contributed by atoms with Crippen molar-refractivity contribution in [3.05, 3.63) is 59.2 Å². The van der Waals surface area contributed by atoms with Gasteiger partial charge in [-0.15, -0.1) is 0 Å². The summed E-state index contributed by atoms with van der Waals surface area (Å²) in [5.41, 5.74) is 3.76. The summed E-state index contributed by atoms with van der Waals surface area (Å²) >= 11 is 0. The second kappa shape index (κ2) is 9.12. The summed E-state index contributed by atoms with van der Waals surface area (Å²) in [6, 6.07) is 12.2. The van der Waals surface area contributed by atoms with Crippen molar-refractivity contribution in [2.24, 2.45) is 5.92 Å². The molecule has 0 radical (unpaired) electrons. The van der Waals surface area contributed by atoms with Gasteiger partial charge in [0.15, 0.2) is 11.9 Å². The fraction of sp³-hybridized carbons (Fsp3) is 0.333. The maximum Gasteiger partial charge on any atom is 0.312 e. The van der Waals surface area contributed by atoms with E-state index in [9.17, 15) is 19.2 Å². The maximum absolute atomic E-state index is 12.6. The van der Waals surface area contributed by atoms with Crippen molar-refractivity contribution in [2.45, 2.75) is 40.2 Å². The molecule has 1 aliphatic rings. The molecule has 2 aromatic rings. The van der Waals surface area contributed by atoms with Crippen molar-refractivity contribution in [3.63, 3.8) is 0 Å². The Morgan fingerprint density at radius 3 is 2.55 bits per heavy atom. The number of hydrogen-bond donors (Lipinski definition) is 1. The standard InChI is InChI=1S/C24H26N2O5/c1-14-7-5-10-21(15(14)2)26-13-19(12-22(26)28)24(30)31-17(4)23(29)25-20-9-6-8-18(11-20)16(3)27/h5-11,17,19H,12-13H2,1-4H3,(H,25,29)/t17-,19+/m1/s1. The molecule has 3 rings (SSSR count). The van der Waals surface area contributed by atoms with Gasteiger partial charge >= 0.3 is 5.97 Å². The van der Waals surface area contributed by atoms with Gasteiger partial charge < -0.3 is 15.0 Å². The second-order valence-electron chi connectivity index (χ2n) is 7.83. The molecule has 162 valence electrons. The number of hydrogen-bond acceptors (Lipinski definition) is 5. The lowest BCUT2D eigenvalue weighted by Gasteiger charge is -2.20. The van der Waals surface area contributed by atoms with Gasteiger partial charge in [0, 0.05) is 29.9 Å². The molecule has 1 N–H and O–H groups in total. The van der Waals surface area contributed by atoms with Crippen LogP contribution < -0.4 is 10.2 Å². The quantitative estimate of drug-likeness (QED) is 0.569. The molecule has 0 aliphatic carbocycles. The number of ether oxygens (including phenoxy) is 1. The lowest BCUT2D eigenvalue weighted by atomic mass is 10.1. The SMILES string of the molecule is CC(=O)c1cccc(NC(=O)[C@@H](C)OC(=O)[C@H]2CC(=O)N(c3cccc(C)c3C)C2)c1. The van der Waals surface area contributed by atoms with Gasteiger partial charge in [-0.3, -0.25) is 19.2 Å². The molecule has 31 heavy (non-hydrogen) atoms. The minimum absolute atomic E-state index is 0.0429. The predicted molar refractivity (Wildman–Crippen MR) is 117 cm³/mol. The van der Waals surface area contributed by atoms with E-state index in [1.165, 1.54) is 13.8 Å². The summed E-state index contributed by atoms with van der Waals surface area (Å²) in [5, 5.41) is 2.64. The van der Waals surface area contributed by atoms with Crippen molar-refractivity contribution in [3.8, 4) is 0 Å². The van der Waals surface area contributed by atoms with E-state index in [-0.39, 0.29) is 24.7 Å². The van der Waals surface area contributed by atoms with E-state index < -0.39 is 23.9 Å². The van der Waals surface area contributed by atoms with E-state index in [1.807, 2.05) is 32.0 Å². The first kappa shape index (κ1) is 22.2. The lowest BCUT2D eigenvalue weighted by Crippen LogP contribution is -2.33. The van der Waals surface area contributed by atoms with Crippen LogP contribution in [-0.4, -0.2) is 36.2 Å². The van der Waals surface area contributed by atoms with Crippen molar-refractivity contribution < 1.29 is 23.9 Å². The zero-order chi connectivity index (χ0) is 22.7. The van der Waals surface area contributed by atoms with E-state index in [0.29, 0.717) is 11.3 Å². The van der Waals surface area contributed by atoms with Crippen LogP contribution in [0.5, 0.6) is 0 Å². The highest BCUT2D eigenvalue weighted by Gasteiger charge is 2.37. The average Bonchev–Trinajstić information content (AvgIpc) is 3.11. The topological polar surface area (TPSA) is 92.8 Å². The lowest BCUT2D eigenvalue weighted by molar-refractivity contribution is -0.157. The number of carbonyl (C=O) groups excluding carboxylic acids is 4. The molecule has 1 aliphatic heterocycles. The number of carbonyl (C=O) groups is 4. The van der Waals surface area contributed by atoms with Gasteiger partial charge in [-0.25, -0.2) is 0 Å². The molecule has 2 atom stereocenters. The van der Waals surface area contributed by atoms with E-state index in [2.05, 4.69) is 5.32 Å². The summed E-state index contributed by atoms with van der Waals surface area (Å²) in [4.78, 5) is 50.6. The Kier molecular flexibility index (Phi) is 6.53. The third-order valence-electron chi connectivity index (χ3n) is 5.52. The van der Waals surface area contributed by atoms with E-state index in [4.69, 9.17) is 4.74 Å². The zero-order valence-electron chi connectivity index (χ0n) is 18.1. The van der Waals surface area contributed by atoms with Gasteiger partial charge in [0.05, 0.1) is 5.92 Å². The largest absolute Gasteiger partial charge is 0.452 e. The molecule has 7 nitrogen and oxygen atoms in total. The molecule has 1 heterocycles. The number of Topliss-reactive ketones (excluding diaryl/α,β-unsaturated/α-hetero) is 1. The number of nitrogens with zero attached hydrogens (tertiary/aromatic N) is 1. The number of aryl methyl sites for hydroxylation is 1. The molecule has 0 spiro atoms. The monoisotopic (exact) mass is 422 g/mol. The van der Waals surface area contributed by atoms with Gasteiger partial charge in [-0.05, 0) is 57.0 Å². The first-order valence-electron chi connectivity index (χ1n) is 10.2. The predicted octanol–water partition coefficient (Wildman–Crippen LogP) is 3.43. The Balaban J connectivity index is 1.61. The number of ketones is 1. The fourth-order valence-electron chi connectivity index (χ4n) is 3.51. The molecule has 0 aromatic heterocycles. The number of benzene rings is 2. The van der Waals surface area contributed by atoms with Crippen LogP contribution >= 0.6 is 0 Å². The van der Waals surface area contributed by atoms with Gasteiger partial charge in [-0.1, -0.05) is 24.3 Å². The highest BCUT2D eigenvalue weighted by molar-refractivity contribution is 6.01. The van der Waals surface area contributed by atoms with Crippen LogP contribution in [-0.2, 0) is 19.1 Å². The van der Waals surface area contributed by atoms with Crippen molar-refractivity contribution in [2.75, 3.05) is 16.8 Å². The minimum atomic E-state index is -1.04. The number of amides is 2. The van der Waals surface area contributed by atoms with Crippen molar-refractivity contribution in [1.82, 2.24) is 0 Å². The van der Waals surface area contributed by atoms with Crippen LogP contribution in [0, 0.1) is 19.8 Å². The Hall–Kier alpha value is -3.48. The van der Waals surface area contributed by atoms with Gasteiger partial charge in [0.1, 0.15) is 0 Å². The number of rotatable bonds is 6. The van der Waals surface area contributed by atoms with Crippen LogP contribution in [0.4, 0.5) is 11.4 Å². The van der Waals surface area contributed by atoms with E-state index >= 15 is 0 Å². The Morgan fingerprint density at radius 2 is 1.84 bits per heavy atom. The number of nitrogens with one attached hydrogen (secondary N) is 1. The first-order chi connectivity index (χ1) is 14.7. The minimum Gasteiger partial charge on any atom is -0.452 e. The summed E-state index contributed by atoms with van der Waals surface area (Å²) in [6.07, 6.45) is -1.00. The normalized spacial score (nSPS) is 16.7. The smallest absolute Gasteiger partial charge is 0.312 e. The average molecular weight is 422 g/mol. The van der Waals surface area contributed by atoms with Crippen LogP contribution in [0.25, 0.3) is 0 Å². The Bertz CT molecular complexity index is 1050. The summed E-state index contributed by atoms with van der Waals surface area (Å²) in [5.74, 6) is -1.99. The molecule has 0 unspecified atom stereocenters. The molecule has 0 bridgehead atoms. The van der Waals surface area contributed by atoms with Gasteiger partial charge in [0.2, 0.25) is 5.91 Å². The van der Waals surface area contributed by atoms with E-state index in [0.717, 1.165) is 16.8 Å². The third kappa shape index (κ3) is 4.99. The van der Waals surface area contributed by atoms with Gasteiger partial charge in [0.25, 0.3) is 5.91 Å². The highest BCUT2D eigenvalue weighted by atomic mass is 16.5. The van der Waals surface area contributed by atoms with Crippen molar-refractivity contribution >= 4 is 34.9 Å². The van der Waals surface area contributed by atoms with Crippen LogP contribution in [0.2, 0.25) is 0 Å². The molecule has 1 saturated heterocycles. The molecule has 2 amide bonds. The fourth-order valence-corrected chi connectivity index (χ4v) is 3.51. The van der Waals surface area contributed by atoms with Crippen molar-refractivity contribution in [1.29, 1.82) is 0 Å². The summed E-state index contributed by atoms with van der Waals surface area (Å²) in [7, 11) is 0. The zero-order valence-corrected chi connectivity index (χ0v) is 18.1. The highest BCUT2D eigenvalue weighted by Crippen LogP contribution is 2.30. The molecule has 7 heteroatoms. The summed E-state index contributed by atoms with van der Waals surface area (Å²) < 4.78 is 5.34. The molecular weight excluding hydrogens is 396 g/mol. The second-order valence-corrected chi connectivity index (χ2v) is 7.83. The molecule has 1 fully saturated rings. The molecule has 2 aromatic carbocycles. The van der Waals surface area contributed by atoms with Crippen LogP contribution in [0.3, 0.4) is 0 Å². The number of esters is 1. The molecule has 0 saturated carbocycles.